The van der Waals surface area contributed by atoms with Gasteiger partial charge in [-0.2, -0.15) is 0 Å². The van der Waals surface area contributed by atoms with Gasteiger partial charge in [0.15, 0.2) is 6.29 Å². The van der Waals surface area contributed by atoms with Crippen LogP contribution in [0.4, 0.5) is 10.5 Å². The van der Waals surface area contributed by atoms with Crippen molar-refractivity contribution in [1.82, 2.24) is 30.7 Å². The molecule has 2 aromatic carbocycles. The SMILES string of the molecule is CCC(C)C(C(CC(=O)N1CCCC1C(OC)C(C)C(=O)NC(C)C(OC1CC(C(=O)O)C(O)C(O)C1O)c1ccccc1)OC)N(C)C(=O)C(NC(=O)C(C(C)C)N(C)C(=O)OCc1ccc(NC(=O)C(COC2OC(CO)C(O)C(O)C2O)NC(=O)C(N)C(C)C)cc1)C(C)C. The zero-order valence-electron chi connectivity index (χ0n) is 58.7. The van der Waals surface area contributed by atoms with E-state index in [1.54, 1.807) is 110 Å². The Balaban J connectivity index is 1.22. The molecule has 22 unspecified atom stereocenters. The standard InChI is InChI=1S/C68H108N8O22/c1-15-36(8)52(45(93-13)29-48(78)76-27-19-22-44(76)59(94-14)37(9)61(85)70-38(10)60(40-20-17-16-18-21-40)97-46-28-42(66(90)91)53(79)56(82)54(46)80)74(11)65(89)50(34(4)5)73-64(88)51(35(6)7)75(12)68(92)96-31-39-23-25-41(26-24-39)71-62(86)43(72-63(87)49(69)33(2)3)32-95-67-58(84)57(83)55(81)47(30-77)98-67/h16-18,20-21,23-26,33-38,42-47,49-60,67,77,79-84H,15,19,22,27-32,69H2,1-14H3,(H,70,85)(H,71,86)(H,72,87)(H,73,88)(H,90,91). The Labute approximate surface area is 573 Å². The summed E-state index contributed by atoms with van der Waals surface area (Å²) in [5, 5.41) is 93.4. The van der Waals surface area contributed by atoms with E-state index in [4.69, 9.17) is 34.2 Å². The molecule has 98 heavy (non-hydrogen) atoms. The minimum Gasteiger partial charge on any atom is -0.481 e. The van der Waals surface area contributed by atoms with Crippen molar-refractivity contribution in [3.63, 3.8) is 0 Å². The fourth-order valence-corrected chi connectivity index (χ4v) is 12.9. The number of ether oxygens (including phenoxy) is 6. The van der Waals surface area contributed by atoms with Crippen molar-refractivity contribution in [3.05, 3.63) is 65.7 Å². The number of nitrogens with two attached hydrogens (primary N) is 1. The van der Waals surface area contributed by atoms with E-state index in [1.165, 1.54) is 38.3 Å². The van der Waals surface area contributed by atoms with Gasteiger partial charge in [-0.05, 0) is 73.1 Å². The van der Waals surface area contributed by atoms with Gasteiger partial charge in [-0.3, -0.25) is 38.5 Å². The van der Waals surface area contributed by atoms with E-state index in [2.05, 4.69) is 21.3 Å². The zero-order valence-corrected chi connectivity index (χ0v) is 58.7. The molecule has 5 rings (SSSR count). The molecule has 22 atom stereocenters. The normalized spacial score (nSPS) is 26.1. The van der Waals surface area contributed by atoms with Gasteiger partial charge in [-0.1, -0.05) is 111 Å². The number of carbonyl (C=O) groups excluding carboxylic acids is 7. The number of aliphatic hydroxyl groups is 7. The number of rotatable bonds is 34. The van der Waals surface area contributed by atoms with Crippen LogP contribution < -0.4 is 27.0 Å². The molecule has 0 bridgehead atoms. The van der Waals surface area contributed by atoms with Crippen molar-refractivity contribution in [3.8, 4) is 0 Å². The smallest absolute Gasteiger partial charge is 0.410 e. The second-order valence-electron chi connectivity index (χ2n) is 27.2. The van der Waals surface area contributed by atoms with E-state index in [0.29, 0.717) is 36.9 Å². The summed E-state index contributed by atoms with van der Waals surface area (Å²) in [6.45, 7) is 16.4. The summed E-state index contributed by atoms with van der Waals surface area (Å²) < 4.78 is 35.1. The average molecular weight is 1390 g/mol. The molecule has 0 aromatic heterocycles. The second-order valence-corrected chi connectivity index (χ2v) is 27.2. The van der Waals surface area contributed by atoms with E-state index in [9.17, 15) is 79.2 Å². The van der Waals surface area contributed by atoms with Gasteiger partial charge in [0, 0.05) is 40.5 Å². The van der Waals surface area contributed by atoms with Gasteiger partial charge in [-0.15, -0.1) is 0 Å². The molecular weight excluding hydrogens is 1280 g/mol. The van der Waals surface area contributed by atoms with Crippen LogP contribution >= 0.6 is 0 Å². The molecule has 3 fully saturated rings. The molecule has 552 valence electrons. The second kappa shape index (κ2) is 37.8. The van der Waals surface area contributed by atoms with Crippen molar-refractivity contribution in [2.75, 3.05) is 53.4 Å². The zero-order chi connectivity index (χ0) is 73.3. The van der Waals surface area contributed by atoms with Gasteiger partial charge in [0.05, 0.1) is 80.1 Å². The molecule has 2 saturated heterocycles. The first kappa shape index (κ1) is 82.1. The molecule has 3 aliphatic rings. The third-order valence-corrected chi connectivity index (χ3v) is 19.2. The number of benzene rings is 2. The molecule has 1 aliphatic carbocycles. The van der Waals surface area contributed by atoms with Crippen LogP contribution in [-0.4, -0.2) is 261 Å². The van der Waals surface area contributed by atoms with Crippen molar-refractivity contribution >= 4 is 53.2 Å². The van der Waals surface area contributed by atoms with Crippen molar-refractivity contribution in [2.45, 2.75) is 224 Å². The maximum absolute atomic E-state index is 14.9. The number of carbonyl (C=O) groups is 8. The van der Waals surface area contributed by atoms with Crippen LogP contribution in [-0.2, 0) is 68.6 Å². The van der Waals surface area contributed by atoms with Crippen LogP contribution in [0.3, 0.4) is 0 Å². The summed E-state index contributed by atoms with van der Waals surface area (Å²) in [6, 6.07) is 8.11. The fraction of sp³-hybridized carbons (Fsp3) is 0.706. The van der Waals surface area contributed by atoms with Gasteiger partial charge >= 0.3 is 12.1 Å². The van der Waals surface area contributed by atoms with Gasteiger partial charge in [0.25, 0.3) is 0 Å². The lowest BCUT2D eigenvalue weighted by Gasteiger charge is -2.41. The number of aliphatic hydroxyl groups excluding tert-OH is 7. The molecule has 0 spiro atoms. The summed E-state index contributed by atoms with van der Waals surface area (Å²) in [6.07, 6.45) is -16.8. The predicted octanol–water partition coefficient (Wildman–Crippen LogP) is 0.382. The number of methoxy groups -OCH3 is 2. The summed E-state index contributed by atoms with van der Waals surface area (Å²) in [5.41, 5.74) is 7.34. The largest absolute Gasteiger partial charge is 0.481 e. The van der Waals surface area contributed by atoms with Crippen LogP contribution in [0.1, 0.15) is 119 Å². The summed E-state index contributed by atoms with van der Waals surface area (Å²) >= 11 is 0. The first-order valence-corrected chi connectivity index (χ1v) is 33.6. The van der Waals surface area contributed by atoms with Crippen molar-refractivity contribution in [2.24, 2.45) is 41.2 Å². The van der Waals surface area contributed by atoms with Crippen LogP contribution in [0.5, 0.6) is 0 Å². The number of carboxylic acid groups (broad SMARTS) is 1. The Morgan fingerprint density at radius 2 is 1.36 bits per heavy atom. The number of likely N-dealkylation sites (N-methyl/N-ethyl adjacent to an activating group) is 2. The number of hydrogen-bond donors (Lipinski definition) is 13. The van der Waals surface area contributed by atoms with Crippen LogP contribution in [0, 0.1) is 35.5 Å². The summed E-state index contributed by atoms with van der Waals surface area (Å²) in [4.78, 5) is 115. The highest BCUT2D eigenvalue weighted by atomic mass is 16.7. The first-order valence-electron chi connectivity index (χ1n) is 33.6. The lowest BCUT2D eigenvalue weighted by atomic mass is 9.80. The minimum absolute atomic E-state index is 0.168. The lowest BCUT2D eigenvalue weighted by molar-refractivity contribution is -0.301. The number of nitrogens with one attached hydrogen (secondary N) is 4. The molecule has 30 heteroatoms. The van der Waals surface area contributed by atoms with Crippen molar-refractivity contribution < 1.29 is 108 Å². The quantitative estimate of drug-likeness (QED) is 0.0450. The summed E-state index contributed by atoms with van der Waals surface area (Å²) in [5.74, 6) is -8.51. The van der Waals surface area contributed by atoms with Gasteiger partial charge < -0.3 is 106 Å². The lowest BCUT2D eigenvalue weighted by Crippen LogP contribution is -2.60. The maximum atomic E-state index is 14.9. The van der Waals surface area contributed by atoms with Crippen molar-refractivity contribution in [1.29, 1.82) is 0 Å². The van der Waals surface area contributed by atoms with Crippen LogP contribution in [0.2, 0.25) is 0 Å². The number of likely N-dealkylation sites (tertiary alicyclic amines) is 1. The number of aliphatic carboxylic acids is 1. The molecule has 2 heterocycles. The Hall–Kier alpha value is -6.52. The minimum atomic E-state index is -1.81. The number of nitrogens with zero attached hydrogens (tertiary/aromatic N) is 3. The Kier molecular flexibility index (Phi) is 31.7. The highest BCUT2D eigenvalue weighted by molar-refractivity contribution is 5.98. The van der Waals surface area contributed by atoms with E-state index in [-0.39, 0.29) is 42.9 Å². The number of anilines is 1. The first-order chi connectivity index (χ1) is 46.1. The molecule has 0 radical (unpaired) electrons. The van der Waals surface area contributed by atoms with Gasteiger partial charge in [-0.25, -0.2) is 4.79 Å². The maximum Gasteiger partial charge on any atom is 0.410 e. The van der Waals surface area contributed by atoms with Crippen LogP contribution in [0.15, 0.2) is 54.6 Å². The van der Waals surface area contributed by atoms with Gasteiger partial charge in [0.1, 0.15) is 67.5 Å². The molecule has 2 aromatic rings. The Morgan fingerprint density at radius 1 is 0.724 bits per heavy atom. The molecule has 2 aliphatic heterocycles. The Bertz CT molecular complexity index is 2910. The Morgan fingerprint density at radius 3 is 1.92 bits per heavy atom. The molecule has 14 N–H and O–H groups in total. The molecule has 7 amide bonds. The summed E-state index contributed by atoms with van der Waals surface area (Å²) in [7, 11) is 5.91. The van der Waals surface area contributed by atoms with E-state index < -0.39 is 194 Å². The van der Waals surface area contributed by atoms with Crippen LogP contribution in [0.25, 0.3) is 0 Å². The number of carboxylic acids is 1. The third-order valence-electron chi connectivity index (χ3n) is 19.2. The van der Waals surface area contributed by atoms with E-state index >= 15 is 0 Å². The van der Waals surface area contributed by atoms with Gasteiger partial charge in [0.2, 0.25) is 35.4 Å². The molecule has 1 saturated carbocycles. The number of hydrogen-bond acceptors (Lipinski definition) is 22. The third kappa shape index (κ3) is 20.8. The fourth-order valence-electron chi connectivity index (χ4n) is 12.9. The topological polar surface area (TPSA) is 438 Å². The average Bonchev–Trinajstić information content (AvgIpc) is 0.967. The van der Waals surface area contributed by atoms with E-state index in [0.717, 1.165) is 4.90 Å². The monoisotopic (exact) mass is 1390 g/mol. The predicted molar refractivity (Wildman–Crippen MR) is 354 cm³/mol. The highest BCUT2D eigenvalue weighted by Gasteiger charge is 2.49. The number of amides is 7. The highest BCUT2D eigenvalue weighted by Crippen LogP contribution is 2.35. The van der Waals surface area contributed by atoms with E-state index in [1.807, 2.05) is 13.8 Å². The molecule has 30 nitrogen and oxygen atoms in total. The molecular formula is C68H108N8O22.